The van der Waals surface area contributed by atoms with Crippen LogP contribution in [0.4, 0.5) is 13.2 Å². The van der Waals surface area contributed by atoms with Gasteiger partial charge in [0.2, 0.25) is 6.10 Å². The first-order valence-electron chi connectivity index (χ1n) is 8.21. The Morgan fingerprint density at radius 2 is 1.70 bits per heavy atom. The van der Waals surface area contributed by atoms with Crippen LogP contribution >= 0.6 is 0 Å². The predicted octanol–water partition coefficient (Wildman–Crippen LogP) is 3.40. The van der Waals surface area contributed by atoms with E-state index in [0.29, 0.717) is 11.5 Å². The number of alkyl halides is 3. The molecule has 2 aromatic carbocycles. The zero-order chi connectivity index (χ0) is 19.4. The van der Waals surface area contributed by atoms with Crippen molar-refractivity contribution in [1.29, 1.82) is 0 Å². The Balaban J connectivity index is 1.63. The molecule has 2 unspecified atom stereocenters. The van der Waals surface area contributed by atoms with Crippen LogP contribution in [0.1, 0.15) is 18.1 Å². The SMILES string of the molecule is CC1Oc2ccccc2OC1C(=O)NCC#Cc1ccccc1C(F)(F)F. The van der Waals surface area contributed by atoms with Crippen molar-refractivity contribution in [2.24, 2.45) is 0 Å². The minimum Gasteiger partial charge on any atom is -0.482 e. The van der Waals surface area contributed by atoms with Crippen LogP contribution in [0.3, 0.4) is 0 Å². The summed E-state index contributed by atoms with van der Waals surface area (Å²) < 4.78 is 50.1. The summed E-state index contributed by atoms with van der Waals surface area (Å²) in [5, 5.41) is 2.54. The van der Waals surface area contributed by atoms with E-state index in [4.69, 9.17) is 9.47 Å². The summed E-state index contributed by atoms with van der Waals surface area (Å²) in [7, 11) is 0. The van der Waals surface area contributed by atoms with E-state index in [1.165, 1.54) is 18.2 Å². The van der Waals surface area contributed by atoms with E-state index in [9.17, 15) is 18.0 Å². The second-order valence-electron chi connectivity index (χ2n) is 5.87. The Morgan fingerprint density at radius 1 is 1.07 bits per heavy atom. The number of ether oxygens (including phenoxy) is 2. The molecule has 2 atom stereocenters. The highest BCUT2D eigenvalue weighted by molar-refractivity contribution is 5.82. The van der Waals surface area contributed by atoms with E-state index in [2.05, 4.69) is 17.2 Å². The van der Waals surface area contributed by atoms with Crippen molar-refractivity contribution in [1.82, 2.24) is 5.32 Å². The van der Waals surface area contributed by atoms with Gasteiger partial charge in [0.1, 0.15) is 6.10 Å². The van der Waals surface area contributed by atoms with Crippen LogP contribution in [0.25, 0.3) is 0 Å². The maximum absolute atomic E-state index is 12.9. The lowest BCUT2D eigenvalue weighted by molar-refractivity contribution is -0.137. The van der Waals surface area contributed by atoms with Crippen LogP contribution in [-0.2, 0) is 11.0 Å². The maximum Gasteiger partial charge on any atom is 0.417 e. The molecule has 2 aromatic rings. The number of rotatable bonds is 2. The van der Waals surface area contributed by atoms with Crippen molar-refractivity contribution < 1.29 is 27.4 Å². The van der Waals surface area contributed by atoms with Gasteiger partial charge >= 0.3 is 6.18 Å². The molecule has 27 heavy (non-hydrogen) atoms. The number of carbonyl (C=O) groups excluding carboxylic acids is 1. The van der Waals surface area contributed by atoms with Crippen molar-refractivity contribution in [3.05, 3.63) is 59.7 Å². The lowest BCUT2D eigenvalue weighted by Gasteiger charge is -2.30. The Labute approximate surface area is 154 Å². The molecular formula is C20H16F3NO3. The van der Waals surface area contributed by atoms with E-state index in [-0.39, 0.29) is 12.1 Å². The zero-order valence-electron chi connectivity index (χ0n) is 14.3. The zero-order valence-corrected chi connectivity index (χ0v) is 14.3. The summed E-state index contributed by atoms with van der Waals surface area (Å²) in [4.78, 5) is 12.3. The van der Waals surface area contributed by atoms with Gasteiger partial charge in [-0.2, -0.15) is 13.2 Å². The largest absolute Gasteiger partial charge is 0.482 e. The Hall–Kier alpha value is -3.14. The van der Waals surface area contributed by atoms with E-state index < -0.39 is 29.9 Å². The van der Waals surface area contributed by atoms with Gasteiger partial charge in [-0.3, -0.25) is 4.79 Å². The number of para-hydroxylation sites is 2. The molecule has 1 heterocycles. The molecule has 7 heteroatoms. The predicted molar refractivity (Wildman–Crippen MR) is 92.3 cm³/mol. The summed E-state index contributed by atoms with van der Waals surface area (Å²) in [6.45, 7) is 1.59. The summed E-state index contributed by atoms with van der Waals surface area (Å²) >= 11 is 0. The fraction of sp³-hybridized carbons (Fsp3) is 0.250. The number of amides is 1. The standard InChI is InChI=1S/C20H16F3NO3/c1-13-18(27-17-11-5-4-10-16(17)26-13)19(25)24-12-6-8-14-7-2-3-9-15(14)20(21,22)23/h2-5,7,9-11,13,18H,12H2,1H3,(H,24,25). The minimum atomic E-state index is -4.48. The van der Waals surface area contributed by atoms with Gasteiger partial charge in [-0.1, -0.05) is 36.1 Å². The monoisotopic (exact) mass is 375 g/mol. The third-order valence-electron chi connectivity index (χ3n) is 3.91. The summed E-state index contributed by atoms with van der Waals surface area (Å²) in [6.07, 6.45) is -5.87. The molecule has 0 bridgehead atoms. The van der Waals surface area contributed by atoms with Crippen LogP contribution in [0.2, 0.25) is 0 Å². The van der Waals surface area contributed by atoms with Crippen LogP contribution in [0.5, 0.6) is 11.5 Å². The summed E-state index contributed by atoms with van der Waals surface area (Å²) in [5.41, 5.74) is -0.947. The van der Waals surface area contributed by atoms with Gasteiger partial charge in [0.15, 0.2) is 11.5 Å². The van der Waals surface area contributed by atoms with Crippen LogP contribution in [0, 0.1) is 11.8 Å². The first kappa shape index (κ1) is 18.6. The summed E-state index contributed by atoms with van der Waals surface area (Å²) in [5.74, 6) is 5.55. The van der Waals surface area contributed by atoms with Gasteiger partial charge in [-0.05, 0) is 31.2 Å². The Bertz CT molecular complexity index is 899. The van der Waals surface area contributed by atoms with E-state index in [1.807, 2.05) is 0 Å². The van der Waals surface area contributed by atoms with E-state index in [0.717, 1.165) is 6.07 Å². The third-order valence-corrected chi connectivity index (χ3v) is 3.91. The van der Waals surface area contributed by atoms with Crippen molar-refractivity contribution >= 4 is 5.91 Å². The van der Waals surface area contributed by atoms with Gasteiger partial charge in [0.05, 0.1) is 12.1 Å². The molecular weight excluding hydrogens is 359 g/mol. The molecule has 0 radical (unpaired) electrons. The number of carbonyl (C=O) groups is 1. The van der Waals surface area contributed by atoms with Crippen LogP contribution in [0.15, 0.2) is 48.5 Å². The summed E-state index contributed by atoms with van der Waals surface area (Å²) in [6, 6.07) is 12.0. The molecule has 140 valence electrons. The van der Waals surface area contributed by atoms with E-state index >= 15 is 0 Å². The average molecular weight is 375 g/mol. The smallest absolute Gasteiger partial charge is 0.417 e. The van der Waals surface area contributed by atoms with Crippen molar-refractivity contribution in [2.75, 3.05) is 6.54 Å². The number of fused-ring (bicyclic) bond motifs is 1. The third kappa shape index (κ3) is 4.34. The highest BCUT2D eigenvalue weighted by Gasteiger charge is 2.34. The molecule has 0 saturated carbocycles. The molecule has 0 saturated heterocycles. The quantitative estimate of drug-likeness (QED) is 0.819. The highest BCUT2D eigenvalue weighted by atomic mass is 19.4. The maximum atomic E-state index is 12.9. The van der Waals surface area contributed by atoms with Gasteiger partial charge in [-0.25, -0.2) is 0 Å². The minimum absolute atomic E-state index is 0.112. The van der Waals surface area contributed by atoms with E-state index in [1.54, 1.807) is 31.2 Å². The fourth-order valence-corrected chi connectivity index (χ4v) is 2.62. The number of hydrogen-bond acceptors (Lipinski definition) is 3. The molecule has 0 aromatic heterocycles. The highest BCUT2D eigenvalue weighted by Crippen LogP contribution is 2.33. The molecule has 1 aliphatic rings. The van der Waals surface area contributed by atoms with Gasteiger partial charge in [0.25, 0.3) is 5.91 Å². The molecule has 1 N–H and O–H groups in total. The molecule has 0 spiro atoms. The molecule has 0 fully saturated rings. The molecule has 3 rings (SSSR count). The topological polar surface area (TPSA) is 47.6 Å². The number of halogens is 3. The second kappa shape index (κ2) is 7.62. The first-order chi connectivity index (χ1) is 12.9. The molecule has 1 aliphatic heterocycles. The Kier molecular flexibility index (Phi) is 5.26. The number of nitrogens with one attached hydrogen (secondary N) is 1. The number of hydrogen-bond donors (Lipinski definition) is 1. The first-order valence-corrected chi connectivity index (χ1v) is 8.21. The van der Waals surface area contributed by atoms with Gasteiger partial charge in [0, 0.05) is 5.56 Å². The van der Waals surface area contributed by atoms with Crippen LogP contribution in [-0.4, -0.2) is 24.7 Å². The molecule has 0 aliphatic carbocycles. The molecule has 1 amide bonds. The lowest BCUT2D eigenvalue weighted by Crippen LogP contribution is -2.49. The van der Waals surface area contributed by atoms with Crippen molar-refractivity contribution in [3.63, 3.8) is 0 Å². The van der Waals surface area contributed by atoms with Gasteiger partial charge < -0.3 is 14.8 Å². The Morgan fingerprint density at radius 3 is 2.41 bits per heavy atom. The second-order valence-corrected chi connectivity index (χ2v) is 5.87. The lowest BCUT2D eigenvalue weighted by atomic mass is 10.1. The normalized spacial score (nSPS) is 18.2. The average Bonchev–Trinajstić information content (AvgIpc) is 2.64. The van der Waals surface area contributed by atoms with Crippen molar-refractivity contribution in [2.45, 2.75) is 25.3 Å². The van der Waals surface area contributed by atoms with Crippen molar-refractivity contribution in [3.8, 4) is 23.3 Å². The number of benzene rings is 2. The van der Waals surface area contributed by atoms with Crippen LogP contribution < -0.4 is 14.8 Å². The fourth-order valence-electron chi connectivity index (χ4n) is 2.62. The molecule has 4 nitrogen and oxygen atoms in total. The van der Waals surface area contributed by atoms with Gasteiger partial charge in [-0.15, -0.1) is 0 Å².